The van der Waals surface area contributed by atoms with Gasteiger partial charge in [-0.2, -0.15) is 0 Å². The summed E-state index contributed by atoms with van der Waals surface area (Å²) in [5.74, 6) is 0.0643. The molecule has 0 radical (unpaired) electrons. The maximum absolute atomic E-state index is 12.1. The number of anilines is 2. The molecule has 2 rings (SSSR count). The van der Waals surface area contributed by atoms with Gasteiger partial charge >= 0.3 is 0 Å². The number of rotatable bonds is 8. The van der Waals surface area contributed by atoms with E-state index in [2.05, 4.69) is 10.6 Å². The second kappa shape index (κ2) is 9.87. The first-order chi connectivity index (χ1) is 12.4. The first-order valence-corrected chi connectivity index (χ1v) is 9.59. The second-order valence-electron chi connectivity index (χ2n) is 6.15. The number of nitrogens with two attached hydrogens (primary N) is 1. The number of carbonyl (C=O) groups is 2. The summed E-state index contributed by atoms with van der Waals surface area (Å²) in [6.45, 7) is 4.36. The van der Waals surface area contributed by atoms with E-state index in [1.807, 2.05) is 62.4 Å². The summed E-state index contributed by atoms with van der Waals surface area (Å²) in [7, 11) is 0. The number of nitrogens with one attached hydrogen (secondary N) is 2. The number of nitrogen functional groups attached to an aromatic ring is 1. The Morgan fingerprint density at radius 1 is 1.08 bits per heavy atom. The third-order valence-corrected chi connectivity index (χ3v) is 5.00. The minimum Gasteiger partial charge on any atom is -0.399 e. The van der Waals surface area contributed by atoms with E-state index in [-0.39, 0.29) is 22.8 Å². The Morgan fingerprint density at radius 2 is 1.73 bits per heavy atom. The highest BCUT2D eigenvalue weighted by Gasteiger charge is 2.14. The smallest absolute Gasteiger partial charge is 0.234 e. The zero-order valence-corrected chi connectivity index (χ0v) is 15.9. The summed E-state index contributed by atoms with van der Waals surface area (Å²) in [5, 5.41) is 5.45. The van der Waals surface area contributed by atoms with Crippen LogP contribution in [0.3, 0.4) is 0 Å². The molecule has 0 aliphatic carbocycles. The van der Waals surface area contributed by atoms with Gasteiger partial charge in [-0.1, -0.05) is 29.8 Å². The van der Waals surface area contributed by atoms with Gasteiger partial charge in [-0.3, -0.25) is 9.59 Å². The first-order valence-electron chi connectivity index (χ1n) is 8.54. The van der Waals surface area contributed by atoms with Crippen LogP contribution in [0.5, 0.6) is 0 Å². The van der Waals surface area contributed by atoms with Gasteiger partial charge in [0.2, 0.25) is 11.8 Å². The maximum atomic E-state index is 12.1. The van der Waals surface area contributed by atoms with Crippen LogP contribution >= 0.6 is 11.8 Å². The lowest BCUT2D eigenvalue weighted by Crippen LogP contribution is -2.33. The van der Waals surface area contributed by atoms with Gasteiger partial charge in [0.1, 0.15) is 0 Å². The molecule has 5 nitrogen and oxygen atoms in total. The van der Waals surface area contributed by atoms with E-state index in [9.17, 15) is 9.59 Å². The normalized spacial score (nSPS) is 11.6. The maximum Gasteiger partial charge on any atom is 0.234 e. The third kappa shape index (κ3) is 6.80. The molecule has 0 saturated carbocycles. The number of hydrogen-bond acceptors (Lipinski definition) is 4. The molecule has 26 heavy (non-hydrogen) atoms. The molecule has 1 atom stereocenters. The molecule has 0 heterocycles. The molecule has 2 amide bonds. The van der Waals surface area contributed by atoms with Crippen LogP contribution in [-0.4, -0.2) is 29.4 Å². The van der Waals surface area contributed by atoms with Crippen LogP contribution in [-0.2, 0) is 16.0 Å². The highest BCUT2D eigenvalue weighted by molar-refractivity contribution is 8.01. The van der Waals surface area contributed by atoms with E-state index in [1.54, 1.807) is 0 Å². The molecule has 0 saturated heterocycles. The van der Waals surface area contributed by atoms with Gasteiger partial charge < -0.3 is 16.4 Å². The topological polar surface area (TPSA) is 84.2 Å². The number of thioether (sulfide) groups is 1. The van der Waals surface area contributed by atoms with Gasteiger partial charge in [-0.25, -0.2) is 0 Å². The van der Waals surface area contributed by atoms with Crippen molar-refractivity contribution in [3.05, 3.63) is 59.7 Å². The number of carbonyl (C=O) groups excluding carboxylic acids is 2. The SMILES string of the molecule is Cc1ccc(NC(=O)CSC(C)C(=O)NCCc2ccc(N)cc2)cc1. The highest BCUT2D eigenvalue weighted by atomic mass is 32.2. The molecule has 2 aromatic carbocycles. The molecular weight excluding hydrogens is 346 g/mol. The molecule has 0 aliphatic rings. The van der Waals surface area contributed by atoms with Crippen molar-refractivity contribution in [1.29, 1.82) is 0 Å². The Balaban J connectivity index is 1.66. The monoisotopic (exact) mass is 371 g/mol. The van der Waals surface area contributed by atoms with Crippen molar-refractivity contribution < 1.29 is 9.59 Å². The molecule has 1 unspecified atom stereocenters. The lowest BCUT2D eigenvalue weighted by molar-refractivity contribution is -0.120. The van der Waals surface area contributed by atoms with E-state index >= 15 is 0 Å². The average molecular weight is 372 g/mol. The molecular formula is C20H25N3O2S. The summed E-state index contributed by atoms with van der Waals surface area (Å²) >= 11 is 1.32. The van der Waals surface area contributed by atoms with E-state index in [0.717, 1.165) is 28.9 Å². The number of amides is 2. The average Bonchev–Trinajstić information content (AvgIpc) is 2.63. The summed E-state index contributed by atoms with van der Waals surface area (Å²) in [5.41, 5.74) is 9.41. The van der Waals surface area contributed by atoms with Crippen molar-refractivity contribution in [1.82, 2.24) is 5.32 Å². The molecule has 0 bridgehead atoms. The number of benzene rings is 2. The predicted octanol–water partition coefficient (Wildman–Crippen LogP) is 3.00. The lowest BCUT2D eigenvalue weighted by atomic mass is 10.1. The molecule has 0 aliphatic heterocycles. The van der Waals surface area contributed by atoms with Gasteiger partial charge in [0.15, 0.2) is 0 Å². The summed E-state index contributed by atoms with van der Waals surface area (Å²) < 4.78 is 0. The van der Waals surface area contributed by atoms with Crippen LogP contribution in [0, 0.1) is 6.92 Å². The summed E-state index contributed by atoms with van der Waals surface area (Å²) in [4.78, 5) is 24.1. The van der Waals surface area contributed by atoms with Crippen molar-refractivity contribution in [3.63, 3.8) is 0 Å². The Hall–Kier alpha value is -2.47. The van der Waals surface area contributed by atoms with E-state index in [4.69, 9.17) is 5.73 Å². The Kier molecular flexibility index (Phi) is 7.53. The fraction of sp³-hybridized carbons (Fsp3) is 0.300. The summed E-state index contributed by atoms with van der Waals surface area (Å²) in [6, 6.07) is 15.2. The van der Waals surface area contributed by atoms with E-state index in [0.29, 0.717) is 6.54 Å². The van der Waals surface area contributed by atoms with Crippen LogP contribution in [0.2, 0.25) is 0 Å². The largest absolute Gasteiger partial charge is 0.399 e. The minimum atomic E-state index is -0.287. The Morgan fingerprint density at radius 3 is 2.38 bits per heavy atom. The van der Waals surface area contributed by atoms with Crippen molar-refractivity contribution in [3.8, 4) is 0 Å². The van der Waals surface area contributed by atoms with Gasteiger partial charge in [0.05, 0.1) is 11.0 Å². The molecule has 138 valence electrons. The van der Waals surface area contributed by atoms with Crippen LogP contribution in [0.15, 0.2) is 48.5 Å². The van der Waals surface area contributed by atoms with Crippen LogP contribution < -0.4 is 16.4 Å². The number of hydrogen-bond donors (Lipinski definition) is 3. The van der Waals surface area contributed by atoms with E-state index in [1.165, 1.54) is 11.8 Å². The lowest BCUT2D eigenvalue weighted by Gasteiger charge is -2.12. The Bertz CT molecular complexity index is 730. The van der Waals surface area contributed by atoms with Gasteiger partial charge in [-0.15, -0.1) is 11.8 Å². The zero-order valence-electron chi connectivity index (χ0n) is 15.1. The second-order valence-corrected chi connectivity index (χ2v) is 7.48. The van der Waals surface area contributed by atoms with Crippen molar-refractivity contribution in [2.75, 3.05) is 23.3 Å². The predicted molar refractivity (Wildman–Crippen MR) is 109 cm³/mol. The molecule has 0 aromatic heterocycles. The highest BCUT2D eigenvalue weighted by Crippen LogP contribution is 2.13. The van der Waals surface area contributed by atoms with Gasteiger partial charge in [0, 0.05) is 17.9 Å². The molecule has 6 heteroatoms. The molecule has 4 N–H and O–H groups in total. The minimum absolute atomic E-state index is 0.0615. The molecule has 2 aromatic rings. The molecule has 0 spiro atoms. The van der Waals surface area contributed by atoms with Gasteiger partial charge in [0.25, 0.3) is 0 Å². The number of aryl methyl sites for hydroxylation is 1. The molecule has 0 fully saturated rings. The van der Waals surface area contributed by atoms with Crippen LogP contribution in [0.25, 0.3) is 0 Å². The van der Waals surface area contributed by atoms with Crippen molar-refractivity contribution in [2.45, 2.75) is 25.5 Å². The fourth-order valence-electron chi connectivity index (χ4n) is 2.27. The van der Waals surface area contributed by atoms with Crippen LogP contribution in [0.1, 0.15) is 18.1 Å². The fourth-order valence-corrected chi connectivity index (χ4v) is 2.98. The Labute approximate surface area is 158 Å². The first kappa shape index (κ1) is 19.8. The van der Waals surface area contributed by atoms with Crippen molar-refractivity contribution in [2.24, 2.45) is 0 Å². The quantitative estimate of drug-likeness (QED) is 0.623. The van der Waals surface area contributed by atoms with Gasteiger partial charge in [-0.05, 0) is 50.1 Å². The van der Waals surface area contributed by atoms with E-state index < -0.39 is 0 Å². The van der Waals surface area contributed by atoms with Crippen molar-refractivity contribution >= 4 is 35.0 Å². The third-order valence-electron chi connectivity index (χ3n) is 3.86. The standard InChI is InChI=1S/C20H25N3O2S/c1-14-3-9-18(10-4-14)23-19(24)13-26-15(2)20(25)22-12-11-16-5-7-17(21)8-6-16/h3-10,15H,11-13,21H2,1-2H3,(H,22,25)(H,23,24). The summed E-state index contributed by atoms with van der Waals surface area (Å²) in [6.07, 6.45) is 0.747. The van der Waals surface area contributed by atoms with Crippen LogP contribution in [0.4, 0.5) is 11.4 Å². The zero-order chi connectivity index (χ0) is 18.9.